The lowest BCUT2D eigenvalue weighted by molar-refractivity contribution is -0.118. The molecule has 0 spiro atoms. The lowest BCUT2D eigenvalue weighted by Gasteiger charge is -2.15. The van der Waals surface area contributed by atoms with Crippen LogP contribution in [0.5, 0.6) is 11.5 Å². The maximum atomic E-state index is 12.5. The number of anilines is 1. The number of aryl methyl sites for hydroxylation is 1. The molecule has 3 aromatic rings. The minimum atomic E-state index is -0.217. The summed E-state index contributed by atoms with van der Waals surface area (Å²) in [7, 11) is 0. The zero-order valence-corrected chi connectivity index (χ0v) is 16.8. The van der Waals surface area contributed by atoms with E-state index in [9.17, 15) is 4.79 Å². The SMILES string of the molecule is CCOc1ccc(NC(=O)COc2cc(C)ccc2C(C)C)c2cccnc12. The Hall–Kier alpha value is -3.08. The molecule has 146 valence electrons. The molecule has 0 atom stereocenters. The average molecular weight is 378 g/mol. The molecular formula is C23H26N2O3. The third kappa shape index (κ3) is 4.42. The van der Waals surface area contributed by atoms with Crippen LogP contribution in [0.2, 0.25) is 0 Å². The van der Waals surface area contributed by atoms with Crippen LogP contribution in [0.4, 0.5) is 5.69 Å². The van der Waals surface area contributed by atoms with E-state index in [4.69, 9.17) is 9.47 Å². The van der Waals surface area contributed by atoms with Crippen LogP contribution in [0.3, 0.4) is 0 Å². The fourth-order valence-corrected chi connectivity index (χ4v) is 3.10. The number of carbonyl (C=O) groups excluding carboxylic acids is 1. The highest BCUT2D eigenvalue weighted by molar-refractivity contribution is 6.03. The van der Waals surface area contributed by atoms with Crippen molar-refractivity contribution in [3.8, 4) is 11.5 Å². The summed E-state index contributed by atoms with van der Waals surface area (Å²) in [5.74, 6) is 1.56. The van der Waals surface area contributed by atoms with Crippen molar-refractivity contribution < 1.29 is 14.3 Å². The maximum Gasteiger partial charge on any atom is 0.262 e. The molecule has 1 N–H and O–H groups in total. The van der Waals surface area contributed by atoms with E-state index in [0.717, 1.165) is 27.8 Å². The lowest BCUT2D eigenvalue weighted by Crippen LogP contribution is -2.21. The van der Waals surface area contributed by atoms with E-state index in [2.05, 4.69) is 36.3 Å². The number of ether oxygens (including phenoxy) is 2. The Morgan fingerprint density at radius 3 is 2.68 bits per heavy atom. The Bertz CT molecular complexity index is 983. The van der Waals surface area contributed by atoms with Crippen molar-refractivity contribution in [2.75, 3.05) is 18.5 Å². The number of benzene rings is 2. The van der Waals surface area contributed by atoms with Gasteiger partial charge in [0.2, 0.25) is 0 Å². The van der Waals surface area contributed by atoms with E-state index in [0.29, 0.717) is 24.0 Å². The van der Waals surface area contributed by atoms with E-state index in [-0.39, 0.29) is 12.5 Å². The van der Waals surface area contributed by atoms with Crippen LogP contribution >= 0.6 is 0 Å². The Kier molecular flexibility index (Phi) is 6.14. The van der Waals surface area contributed by atoms with Crippen LogP contribution in [0.25, 0.3) is 10.9 Å². The smallest absolute Gasteiger partial charge is 0.262 e. The number of aromatic nitrogens is 1. The molecule has 0 radical (unpaired) electrons. The predicted octanol–water partition coefficient (Wildman–Crippen LogP) is 5.08. The highest BCUT2D eigenvalue weighted by Crippen LogP contribution is 2.30. The number of fused-ring (bicyclic) bond motifs is 1. The van der Waals surface area contributed by atoms with Gasteiger partial charge in [-0.05, 0) is 61.2 Å². The molecule has 0 bridgehead atoms. The summed E-state index contributed by atoms with van der Waals surface area (Å²) in [6, 6.07) is 13.5. The zero-order chi connectivity index (χ0) is 20.1. The molecule has 0 aliphatic rings. The van der Waals surface area contributed by atoms with E-state index in [1.165, 1.54) is 0 Å². The summed E-state index contributed by atoms with van der Waals surface area (Å²) < 4.78 is 11.5. The second-order valence-corrected chi connectivity index (χ2v) is 6.98. The molecule has 1 amide bonds. The summed E-state index contributed by atoms with van der Waals surface area (Å²) >= 11 is 0. The Morgan fingerprint density at radius 1 is 1.11 bits per heavy atom. The number of amides is 1. The molecule has 0 unspecified atom stereocenters. The van der Waals surface area contributed by atoms with Gasteiger partial charge in [0.25, 0.3) is 5.91 Å². The number of pyridine rings is 1. The highest BCUT2D eigenvalue weighted by atomic mass is 16.5. The zero-order valence-electron chi connectivity index (χ0n) is 16.8. The van der Waals surface area contributed by atoms with Gasteiger partial charge in [-0.1, -0.05) is 26.0 Å². The molecule has 0 fully saturated rings. The number of hydrogen-bond acceptors (Lipinski definition) is 4. The molecule has 5 heteroatoms. The van der Waals surface area contributed by atoms with Gasteiger partial charge in [-0.3, -0.25) is 9.78 Å². The number of nitrogens with zero attached hydrogens (tertiary/aromatic N) is 1. The van der Waals surface area contributed by atoms with Crippen LogP contribution in [0.1, 0.15) is 37.8 Å². The van der Waals surface area contributed by atoms with Crippen LogP contribution < -0.4 is 14.8 Å². The van der Waals surface area contributed by atoms with Crippen molar-refractivity contribution in [3.05, 3.63) is 59.8 Å². The number of nitrogens with one attached hydrogen (secondary N) is 1. The van der Waals surface area contributed by atoms with Gasteiger partial charge in [0.15, 0.2) is 6.61 Å². The van der Waals surface area contributed by atoms with Gasteiger partial charge in [-0.2, -0.15) is 0 Å². The van der Waals surface area contributed by atoms with Gasteiger partial charge < -0.3 is 14.8 Å². The third-order valence-corrected chi connectivity index (χ3v) is 4.46. The molecule has 0 saturated carbocycles. The van der Waals surface area contributed by atoms with E-state index in [1.807, 2.05) is 44.2 Å². The monoisotopic (exact) mass is 378 g/mol. The van der Waals surface area contributed by atoms with Gasteiger partial charge in [-0.15, -0.1) is 0 Å². The van der Waals surface area contributed by atoms with Crippen molar-refractivity contribution in [1.82, 2.24) is 4.98 Å². The first-order valence-corrected chi connectivity index (χ1v) is 9.53. The fourth-order valence-electron chi connectivity index (χ4n) is 3.10. The molecule has 3 rings (SSSR count). The molecule has 0 saturated heterocycles. The topological polar surface area (TPSA) is 60.5 Å². The number of hydrogen-bond donors (Lipinski definition) is 1. The third-order valence-electron chi connectivity index (χ3n) is 4.46. The summed E-state index contributed by atoms with van der Waals surface area (Å²) in [5.41, 5.74) is 3.61. The van der Waals surface area contributed by atoms with Crippen LogP contribution in [0.15, 0.2) is 48.7 Å². The molecule has 0 aliphatic heterocycles. The van der Waals surface area contributed by atoms with Crippen molar-refractivity contribution >= 4 is 22.5 Å². The van der Waals surface area contributed by atoms with Crippen LogP contribution in [-0.2, 0) is 4.79 Å². The first-order chi connectivity index (χ1) is 13.5. The van der Waals surface area contributed by atoms with E-state index in [1.54, 1.807) is 6.20 Å². The fraction of sp³-hybridized carbons (Fsp3) is 0.304. The minimum absolute atomic E-state index is 0.0574. The van der Waals surface area contributed by atoms with E-state index >= 15 is 0 Å². The van der Waals surface area contributed by atoms with Gasteiger partial charge in [0.1, 0.15) is 17.0 Å². The minimum Gasteiger partial charge on any atom is -0.492 e. The maximum absolute atomic E-state index is 12.5. The summed E-state index contributed by atoms with van der Waals surface area (Å²) in [4.78, 5) is 16.9. The summed E-state index contributed by atoms with van der Waals surface area (Å²) in [6.45, 7) is 8.65. The molecule has 0 aliphatic carbocycles. The van der Waals surface area contributed by atoms with Crippen molar-refractivity contribution in [2.24, 2.45) is 0 Å². The highest BCUT2D eigenvalue weighted by Gasteiger charge is 2.13. The van der Waals surface area contributed by atoms with Crippen LogP contribution in [0, 0.1) is 6.92 Å². The summed E-state index contributed by atoms with van der Waals surface area (Å²) in [6.07, 6.45) is 1.71. The predicted molar refractivity (Wildman–Crippen MR) is 112 cm³/mol. The van der Waals surface area contributed by atoms with Gasteiger partial charge >= 0.3 is 0 Å². The molecule has 1 aromatic heterocycles. The molecule has 5 nitrogen and oxygen atoms in total. The van der Waals surface area contributed by atoms with Crippen molar-refractivity contribution in [1.29, 1.82) is 0 Å². The normalized spacial score (nSPS) is 10.9. The van der Waals surface area contributed by atoms with Gasteiger partial charge in [0.05, 0.1) is 12.3 Å². The largest absolute Gasteiger partial charge is 0.492 e. The molecular weight excluding hydrogens is 352 g/mol. The van der Waals surface area contributed by atoms with Gasteiger partial charge in [0, 0.05) is 11.6 Å². The van der Waals surface area contributed by atoms with Crippen LogP contribution in [-0.4, -0.2) is 24.1 Å². The van der Waals surface area contributed by atoms with Crippen molar-refractivity contribution in [2.45, 2.75) is 33.6 Å². The lowest BCUT2D eigenvalue weighted by atomic mass is 10.0. The Labute approximate surface area is 165 Å². The Balaban J connectivity index is 1.76. The first-order valence-electron chi connectivity index (χ1n) is 9.53. The molecule has 2 aromatic carbocycles. The number of carbonyl (C=O) groups is 1. The quantitative estimate of drug-likeness (QED) is 0.623. The average Bonchev–Trinajstić information content (AvgIpc) is 2.68. The standard InChI is InChI=1S/C23H26N2O3/c1-5-27-20-11-10-19(18-7-6-12-24-23(18)20)25-22(26)14-28-21-13-16(4)8-9-17(21)15(2)3/h6-13,15H,5,14H2,1-4H3,(H,25,26). The van der Waals surface area contributed by atoms with Gasteiger partial charge in [-0.25, -0.2) is 0 Å². The second kappa shape index (κ2) is 8.74. The van der Waals surface area contributed by atoms with E-state index < -0.39 is 0 Å². The molecule has 1 heterocycles. The number of rotatable bonds is 7. The second-order valence-electron chi connectivity index (χ2n) is 6.98. The Morgan fingerprint density at radius 2 is 1.93 bits per heavy atom. The molecule has 28 heavy (non-hydrogen) atoms. The first kappa shape index (κ1) is 19.7. The summed E-state index contributed by atoms with van der Waals surface area (Å²) in [5, 5.41) is 3.76. The van der Waals surface area contributed by atoms with Crippen molar-refractivity contribution in [3.63, 3.8) is 0 Å².